The topological polar surface area (TPSA) is 51.6 Å². The van der Waals surface area contributed by atoms with Gasteiger partial charge < -0.3 is 0 Å². The first-order valence-electron chi connectivity index (χ1n) is 18.3. The quantitative estimate of drug-likeness (QED) is 0.134. The van der Waals surface area contributed by atoms with Crippen LogP contribution in [0.15, 0.2) is 195 Å². The van der Waals surface area contributed by atoms with Gasteiger partial charge in [0, 0.05) is 94.1 Å². The minimum atomic E-state index is -0.734. The van der Waals surface area contributed by atoms with E-state index in [9.17, 15) is 0 Å². The molecule has 264 valence electrons. The fraction of sp³-hybridized carbons (Fsp3) is 0.0189. The lowest BCUT2D eigenvalue weighted by Gasteiger charge is -2.37. The third-order valence-corrected chi connectivity index (χ3v) is 9.40. The zero-order valence-corrected chi connectivity index (χ0v) is 30.8. The van der Waals surface area contributed by atoms with Crippen LogP contribution in [0.2, 0.25) is 0 Å². The van der Waals surface area contributed by atoms with E-state index in [0.717, 1.165) is 66.8 Å². The molecule has 8 aromatic rings. The van der Waals surface area contributed by atoms with Crippen molar-refractivity contribution in [1.29, 1.82) is 0 Å². The molecule has 4 aromatic carbocycles. The third-order valence-electron chi connectivity index (χ3n) is 9.40. The lowest BCUT2D eigenvalue weighted by atomic mass is 9.65. The second kappa shape index (κ2) is 17.2. The molecule has 0 saturated heterocycles. The molecule has 4 nitrogen and oxygen atoms in total. The van der Waals surface area contributed by atoms with Gasteiger partial charge in [-0.3, -0.25) is 19.9 Å². The molecule has 0 aliphatic heterocycles. The molecule has 0 bridgehead atoms. The highest BCUT2D eigenvalue weighted by Crippen LogP contribution is 2.45. The highest BCUT2D eigenvalue weighted by molar-refractivity contribution is 5.63. The van der Waals surface area contributed by atoms with Gasteiger partial charge in [-0.25, -0.2) is 0 Å². The summed E-state index contributed by atoms with van der Waals surface area (Å²) in [7, 11) is 0. The van der Waals surface area contributed by atoms with E-state index in [1.807, 2.05) is 48.5 Å². The minimum absolute atomic E-state index is 0.734. The van der Waals surface area contributed by atoms with Crippen molar-refractivity contribution < 1.29 is 0 Å². The summed E-state index contributed by atoms with van der Waals surface area (Å²) in [6.45, 7) is 0. The fourth-order valence-electron chi connectivity index (χ4n) is 6.53. The van der Waals surface area contributed by atoms with Crippen LogP contribution in [-0.4, -0.2) is 19.9 Å². The van der Waals surface area contributed by atoms with Gasteiger partial charge in [-0.05, 0) is 119 Å². The van der Waals surface area contributed by atoms with Crippen molar-refractivity contribution in [2.75, 3.05) is 0 Å². The molecule has 0 aliphatic carbocycles. The van der Waals surface area contributed by atoms with Crippen LogP contribution in [0.4, 0.5) is 0 Å². The van der Waals surface area contributed by atoms with Gasteiger partial charge in [0.05, 0.1) is 5.41 Å². The molecule has 0 N–H and O–H groups in total. The zero-order chi connectivity index (χ0) is 38.5. The summed E-state index contributed by atoms with van der Waals surface area (Å²) in [4.78, 5) is 16.5. The van der Waals surface area contributed by atoms with Gasteiger partial charge in [0.1, 0.15) is 0 Å². The van der Waals surface area contributed by atoms with E-state index >= 15 is 0 Å². The van der Waals surface area contributed by atoms with Crippen LogP contribution in [0.3, 0.4) is 0 Å². The predicted octanol–water partition coefficient (Wildman–Crippen LogP) is 9.25. The number of nitrogens with zero attached hydrogens (tertiary/aromatic N) is 4. The predicted molar refractivity (Wildman–Crippen MR) is 226 cm³/mol. The summed E-state index contributed by atoms with van der Waals surface area (Å²) < 4.78 is 0. The Kier molecular flexibility index (Phi) is 10.8. The largest absolute Gasteiger partial charge is 0.265 e. The number of hydrogen-bond acceptors (Lipinski definition) is 4. The number of pyridine rings is 4. The fourth-order valence-corrected chi connectivity index (χ4v) is 6.53. The Bertz CT molecular complexity index is 2430. The van der Waals surface area contributed by atoms with Crippen LogP contribution in [0, 0.1) is 47.4 Å². The van der Waals surface area contributed by atoms with Gasteiger partial charge in [-0.2, -0.15) is 0 Å². The minimum Gasteiger partial charge on any atom is -0.265 e. The lowest BCUT2D eigenvalue weighted by Crippen LogP contribution is -2.31. The van der Waals surface area contributed by atoms with Gasteiger partial charge in [0.25, 0.3) is 0 Å². The van der Waals surface area contributed by atoms with Crippen LogP contribution in [0.25, 0.3) is 0 Å². The standard InChI is InChI=1S/C53H32N4/c1(5-45-25-33-54-34-26-45)41-9-17-49(18-10-41)53(50-19-11-42(12-20-50)2-6-46-27-35-55-36-28-46,51-21-13-43(14-22-51)3-7-47-29-37-56-38-30-47)52-23-15-44(16-24-52)4-8-48-31-39-57-40-32-48/h9-40H. The van der Waals surface area contributed by atoms with E-state index in [4.69, 9.17) is 0 Å². The van der Waals surface area contributed by atoms with E-state index in [1.165, 1.54) is 0 Å². The molecule has 57 heavy (non-hydrogen) atoms. The molecule has 0 aliphatic rings. The second-order valence-corrected chi connectivity index (χ2v) is 13.0. The monoisotopic (exact) mass is 724 g/mol. The van der Waals surface area contributed by atoms with Gasteiger partial charge in [0.2, 0.25) is 0 Å². The lowest BCUT2D eigenvalue weighted by molar-refractivity contribution is 0.744. The highest BCUT2D eigenvalue weighted by Gasteiger charge is 2.38. The second-order valence-electron chi connectivity index (χ2n) is 13.0. The molecule has 0 saturated carbocycles. The summed E-state index contributed by atoms with van der Waals surface area (Å²) in [5, 5.41) is 0. The summed E-state index contributed by atoms with van der Waals surface area (Å²) in [5.74, 6) is 26.4. The van der Waals surface area contributed by atoms with Crippen molar-refractivity contribution in [2.24, 2.45) is 0 Å². The Hall–Kier alpha value is -8.28. The van der Waals surface area contributed by atoms with Gasteiger partial charge in [-0.15, -0.1) is 0 Å². The van der Waals surface area contributed by atoms with Crippen molar-refractivity contribution in [1.82, 2.24) is 19.9 Å². The van der Waals surface area contributed by atoms with Crippen molar-refractivity contribution in [2.45, 2.75) is 5.41 Å². The molecular weight excluding hydrogens is 693 g/mol. The molecule has 0 unspecified atom stereocenters. The number of rotatable bonds is 4. The average Bonchev–Trinajstić information content (AvgIpc) is 3.29. The first kappa shape index (κ1) is 35.7. The summed E-state index contributed by atoms with van der Waals surface area (Å²) in [5.41, 5.74) is 10.9. The Morgan fingerprint density at radius 1 is 0.211 bits per heavy atom. The highest BCUT2D eigenvalue weighted by atomic mass is 14.6. The van der Waals surface area contributed by atoms with Crippen LogP contribution in [-0.2, 0) is 5.41 Å². The van der Waals surface area contributed by atoms with Crippen LogP contribution < -0.4 is 0 Å². The molecular formula is C53H32N4. The summed E-state index contributed by atoms with van der Waals surface area (Å²) in [6.07, 6.45) is 14.0. The van der Waals surface area contributed by atoms with Crippen molar-refractivity contribution >= 4 is 0 Å². The van der Waals surface area contributed by atoms with Crippen molar-refractivity contribution in [3.05, 3.63) is 262 Å². The zero-order valence-electron chi connectivity index (χ0n) is 30.8. The van der Waals surface area contributed by atoms with Gasteiger partial charge >= 0.3 is 0 Å². The van der Waals surface area contributed by atoms with Gasteiger partial charge in [0.15, 0.2) is 0 Å². The van der Waals surface area contributed by atoms with E-state index < -0.39 is 5.41 Å². The summed E-state index contributed by atoms with van der Waals surface area (Å²) in [6, 6.07) is 49.5. The average molecular weight is 725 g/mol. The third kappa shape index (κ3) is 8.60. The first-order valence-corrected chi connectivity index (χ1v) is 18.3. The molecule has 0 atom stereocenters. The Morgan fingerprint density at radius 3 is 0.544 bits per heavy atom. The normalized spacial score (nSPS) is 10.2. The van der Waals surface area contributed by atoms with Crippen molar-refractivity contribution in [3.63, 3.8) is 0 Å². The number of hydrogen-bond donors (Lipinski definition) is 0. The van der Waals surface area contributed by atoms with Crippen LogP contribution in [0.5, 0.6) is 0 Å². The molecule has 0 spiro atoms. The van der Waals surface area contributed by atoms with E-state index in [-0.39, 0.29) is 0 Å². The summed E-state index contributed by atoms with van der Waals surface area (Å²) >= 11 is 0. The smallest absolute Gasteiger partial charge is 0.0701 e. The van der Waals surface area contributed by atoms with E-state index in [1.54, 1.807) is 49.6 Å². The Balaban J connectivity index is 1.27. The maximum Gasteiger partial charge on any atom is 0.0701 e. The van der Waals surface area contributed by atoms with Crippen molar-refractivity contribution in [3.8, 4) is 47.4 Å². The SMILES string of the molecule is C(#Cc1ccc(C(c2ccc(C#Cc3ccncc3)cc2)(c2ccc(C#Cc3ccncc3)cc2)c2ccc(C#Cc3ccncc3)cc2)cc1)c1ccncc1. The molecule has 0 amide bonds. The molecule has 0 fully saturated rings. The maximum absolute atomic E-state index is 4.12. The maximum atomic E-state index is 4.12. The first-order chi connectivity index (χ1) is 28.2. The molecule has 0 radical (unpaired) electrons. The van der Waals surface area contributed by atoms with Crippen LogP contribution >= 0.6 is 0 Å². The number of benzene rings is 4. The molecule has 4 heteroatoms. The van der Waals surface area contributed by atoms with E-state index in [2.05, 4.69) is 164 Å². The molecule has 4 aromatic heterocycles. The molecule has 8 rings (SSSR count). The Labute approximate surface area is 333 Å². The van der Waals surface area contributed by atoms with Crippen LogP contribution in [0.1, 0.15) is 66.8 Å². The number of aromatic nitrogens is 4. The Morgan fingerprint density at radius 2 is 0.368 bits per heavy atom. The van der Waals surface area contributed by atoms with Gasteiger partial charge in [-0.1, -0.05) is 95.9 Å². The van der Waals surface area contributed by atoms with E-state index in [0.29, 0.717) is 0 Å². The molecule has 4 heterocycles.